The van der Waals surface area contributed by atoms with E-state index >= 15 is 0 Å². The first kappa shape index (κ1) is 17.9. The van der Waals surface area contributed by atoms with Crippen molar-refractivity contribution >= 4 is 17.5 Å². The molecule has 1 amide bonds. The van der Waals surface area contributed by atoms with Crippen molar-refractivity contribution in [1.82, 2.24) is 15.3 Å². The van der Waals surface area contributed by atoms with Gasteiger partial charge in [0.2, 0.25) is 5.91 Å². The van der Waals surface area contributed by atoms with E-state index in [0.717, 1.165) is 29.9 Å². The highest BCUT2D eigenvalue weighted by molar-refractivity contribution is 6.11. The maximum atomic E-state index is 12.1. The first-order valence-electron chi connectivity index (χ1n) is 8.86. The SMILES string of the molecule is Cc1cc(C)nc(CCC(=O)NC2=NN=C(CCc3ccccc3)C2)n1. The number of nitrogens with zero attached hydrogens (tertiary/aromatic N) is 4. The summed E-state index contributed by atoms with van der Waals surface area (Å²) in [4.78, 5) is 20.8. The van der Waals surface area contributed by atoms with E-state index in [9.17, 15) is 4.79 Å². The first-order valence-corrected chi connectivity index (χ1v) is 8.86. The molecule has 0 saturated heterocycles. The molecule has 0 saturated carbocycles. The molecule has 1 N–H and O–H groups in total. The second kappa shape index (κ2) is 8.47. The lowest BCUT2D eigenvalue weighted by Gasteiger charge is -2.06. The maximum absolute atomic E-state index is 12.1. The van der Waals surface area contributed by atoms with E-state index in [2.05, 4.69) is 37.6 Å². The normalized spacial score (nSPS) is 13.3. The zero-order valence-corrected chi connectivity index (χ0v) is 15.2. The Hall–Kier alpha value is -2.89. The summed E-state index contributed by atoms with van der Waals surface area (Å²) in [5.74, 6) is 1.25. The average molecular weight is 349 g/mol. The average Bonchev–Trinajstić information content (AvgIpc) is 3.06. The van der Waals surface area contributed by atoms with E-state index < -0.39 is 0 Å². The topological polar surface area (TPSA) is 79.6 Å². The fourth-order valence-corrected chi connectivity index (χ4v) is 2.90. The zero-order chi connectivity index (χ0) is 18.4. The van der Waals surface area contributed by atoms with Crippen molar-refractivity contribution in [1.29, 1.82) is 0 Å². The van der Waals surface area contributed by atoms with Gasteiger partial charge in [-0.15, -0.1) is 5.10 Å². The van der Waals surface area contributed by atoms with Gasteiger partial charge < -0.3 is 5.32 Å². The minimum absolute atomic E-state index is 0.0778. The number of hydrogen-bond donors (Lipinski definition) is 1. The Morgan fingerprint density at radius 1 is 1.00 bits per heavy atom. The van der Waals surface area contributed by atoms with Crippen molar-refractivity contribution in [3.63, 3.8) is 0 Å². The number of carbonyl (C=O) groups is 1. The van der Waals surface area contributed by atoms with Gasteiger partial charge in [0, 0.05) is 36.4 Å². The summed E-state index contributed by atoms with van der Waals surface area (Å²) in [5.41, 5.74) is 4.12. The van der Waals surface area contributed by atoms with Gasteiger partial charge in [-0.25, -0.2) is 9.97 Å². The van der Waals surface area contributed by atoms with Gasteiger partial charge in [0.25, 0.3) is 0 Å². The van der Waals surface area contributed by atoms with E-state index in [1.54, 1.807) is 0 Å². The number of amides is 1. The Morgan fingerprint density at radius 2 is 1.73 bits per heavy atom. The van der Waals surface area contributed by atoms with Crippen LogP contribution >= 0.6 is 0 Å². The number of benzene rings is 1. The summed E-state index contributed by atoms with van der Waals surface area (Å²) in [6.45, 7) is 3.86. The van der Waals surface area contributed by atoms with Gasteiger partial charge in [-0.2, -0.15) is 5.10 Å². The standard InChI is InChI=1S/C20H23N5O/c1-14-12-15(2)22-18(21-14)10-11-20(26)23-19-13-17(24-25-19)9-8-16-6-4-3-5-7-16/h3-7,12H,8-11,13H2,1-2H3,(H,23,25,26). The Labute approximate surface area is 153 Å². The van der Waals surface area contributed by atoms with Gasteiger partial charge in [0.1, 0.15) is 11.7 Å². The molecule has 0 bridgehead atoms. The van der Waals surface area contributed by atoms with Gasteiger partial charge in [-0.1, -0.05) is 30.3 Å². The first-order chi connectivity index (χ1) is 12.6. The molecule has 0 spiro atoms. The number of carbonyl (C=O) groups excluding carboxylic acids is 1. The Morgan fingerprint density at radius 3 is 2.46 bits per heavy atom. The van der Waals surface area contributed by atoms with Gasteiger partial charge in [-0.05, 0) is 38.3 Å². The van der Waals surface area contributed by atoms with Crippen LogP contribution in [0.2, 0.25) is 0 Å². The van der Waals surface area contributed by atoms with Crippen LogP contribution in [-0.2, 0) is 17.6 Å². The van der Waals surface area contributed by atoms with Crippen molar-refractivity contribution in [3.8, 4) is 0 Å². The Balaban J connectivity index is 1.40. The lowest BCUT2D eigenvalue weighted by atomic mass is 10.1. The van der Waals surface area contributed by atoms with Crippen LogP contribution in [0.3, 0.4) is 0 Å². The van der Waals surface area contributed by atoms with Gasteiger partial charge in [0.15, 0.2) is 0 Å². The second-order valence-electron chi connectivity index (χ2n) is 6.49. The van der Waals surface area contributed by atoms with Crippen LogP contribution in [0.15, 0.2) is 46.6 Å². The molecule has 0 aliphatic carbocycles. The molecule has 1 aromatic carbocycles. The minimum atomic E-state index is -0.0778. The molecule has 2 heterocycles. The van der Waals surface area contributed by atoms with E-state index in [-0.39, 0.29) is 5.91 Å². The molecule has 1 aromatic heterocycles. The van der Waals surface area contributed by atoms with Gasteiger partial charge in [-0.3, -0.25) is 4.79 Å². The molecule has 2 aromatic rings. The van der Waals surface area contributed by atoms with Crippen LogP contribution in [0.4, 0.5) is 0 Å². The zero-order valence-electron chi connectivity index (χ0n) is 15.2. The molecule has 134 valence electrons. The van der Waals surface area contributed by atoms with Crippen molar-refractivity contribution in [3.05, 3.63) is 59.2 Å². The molecular formula is C20H23N5O. The highest BCUT2D eigenvalue weighted by atomic mass is 16.1. The summed E-state index contributed by atoms with van der Waals surface area (Å²) in [5, 5.41) is 11.1. The summed E-state index contributed by atoms with van der Waals surface area (Å²) < 4.78 is 0. The van der Waals surface area contributed by atoms with Gasteiger partial charge in [0.05, 0.1) is 0 Å². The summed E-state index contributed by atoms with van der Waals surface area (Å²) in [7, 11) is 0. The molecule has 26 heavy (non-hydrogen) atoms. The van der Waals surface area contributed by atoms with Crippen LogP contribution in [-0.4, -0.2) is 27.4 Å². The maximum Gasteiger partial charge on any atom is 0.225 e. The lowest BCUT2D eigenvalue weighted by molar-refractivity contribution is -0.119. The van der Waals surface area contributed by atoms with Crippen molar-refractivity contribution in [2.45, 2.75) is 46.0 Å². The summed E-state index contributed by atoms with van der Waals surface area (Å²) in [6.07, 6.45) is 3.24. The number of hydrogen-bond acceptors (Lipinski definition) is 5. The molecule has 0 unspecified atom stereocenters. The number of amidine groups is 1. The van der Waals surface area contributed by atoms with Crippen molar-refractivity contribution in [2.75, 3.05) is 0 Å². The fraction of sp³-hybridized carbons (Fsp3) is 0.350. The van der Waals surface area contributed by atoms with Crippen LogP contribution in [0.5, 0.6) is 0 Å². The largest absolute Gasteiger partial charge is 0.312 e. The van der Waals surface area contributed by atoms with E-state index in [0.29, 0.717) is 30.9 Å². The van der Waals surface area contributed by atoms with Crippen LogP contribution < -0.4 is 5.32 Å². The number of aromatic nitrogens is 2. The fourth-order valence-electron chi connectivity index (χ4n) is 2.90. The monoisotopic (exact) mass is 349 g/mol. The third kappa shape index (κ3) is 5.31. The van der Waals surface area contributed by atoms with E-state index in [1.807, 2.05) is 38.1 Å². The molecule has 6 nitrogen and oxygen atoms in total. The van der Waals surface area contributed by atoms with Crippen LogP contribution in [0.1, 0.15) is 42.0 Å². The Bertz CT molecular complexity index is 822. The quantitative estimate of drug-likeness (QED) is 0.871. The third-order valence-electron chi connectivity index (χ3n) is 4.12. The lowest BCUT2D eigenvalue weighted by Crippen LogP contribution is -2.30. The number of rotatable bonds is 6. The van der Waals surface area contributed by atoms with E-state index in [4.69, 9.17) is 0 Å². The highest BCUT2D eigenvalue weighted by Gasteiger charge is 2.15. The van der Waals surface area contributed by atoms with E-state index in [1.165, 1.54) is 5.56 Å². The summed E-state index contributed by atoms with van der Waals surface area (Å²) >= 11 is 0. The predicted octanol–water partition coefficient (Wildman–Crippen LogP) is 2.93. The molecule has 0 atom stereocenters. The van der Waals surface area contributed by atoms with Crippen LogP contribution in [0, 0.1) is 13.8 Å². The molecule has 0 fully saturated rings. The minimum Gasteiger partial charge on any atom is -0.312 e. The van der Waals surface area contributed by atoms with Crippen molar-refractivity contribution in [2.24, 2.45) is 10.2 Å². The number of aryl methyl sites for hydroxylation is 4. The smallest absolute Gasteiger partial charge is 0.225 e. The van der Waals surface area contributed by atoms with Crippen LogP contribution in [0.25, 0.3) is 0 Å². The predicted molar refractivity (Wildman–Crippen MR) is 102 cm³/mol. The second-order valence-corrected chi connectivity index (χ2v) is 6.49. The molecular weight excluding hydrogens is 326 g/mol. The summed E-state index contributed by atoms with van der Waals surface area (Å²) in [6, 6.07) is 12.2. The van der Waals surface area contributed by atoms with Crippen molar-refractivity contribution < 1.29 is 4.79 Å². The third-order valence-corrected chi connectivity index (χ3v) is 4.12. The van der Waals surface area contributed by atoms with Gasteiger partial charge >= 0.3 is 0 Å². The Kier molecular flexibility index (Phi) is 5.84. The molecule has 0 radical (unpaired) electrons. The molecule has 1 aliphatic rings. The number of nitrogens with one attached hydrogen (secondary N) is 1. The molecule has 1 aliphatic heterocycles. The highest BCUT2D eigenvalue weighted by Crippen LogP contribution is 2.10. The molecule has 6 heteroatoms. The molecule has 3 rings (SSSR count).